The molecule has 6 aromatic rings. The fraction of sp³-hybridized carbons (Fsp3) is 0.167. The maximum Gasteiger partial charge on any atom is 0.272 e. The minimum atomic E-state index is -0.166. The highest BCUT2D eigenvalue weighted by Crippen LogP contribution is 2.27. The van der Waals surface area contributed by atoms with Gasteiger partial charge in [0.2, 0.25) is 0 Å². The average Bonchev–Trinajstić information content (AvgIpc) is 3.78. The normalized spacial score (nSPS) is 13.3. The van der Waals surface area contributed by atoms with E-state index in [1.165, 1.54) is 0 Å². The molecule has 9 nitrogen and oxygen atoms in total. The summed E-state index contributed by atoms with van der Waals surface area (Å²) in [4.78, 5) is 35.8. The lowest BCUT2D eigenvalue weighted by atomic mass is 10.1. The third-order valence-corrected chi connectivity index (χ3v) is 8.11. The van der Waals surface area contributed by atoms with Crippen molar-refractivity contribution in [2.75, 3.05) is 31.5 Å². The molecule has 3 aromatic heterocycles. The molecule has 45 heavy (non-hydrogen) atoms. The van der Waals surface area contributed by atoms with E-state index in [2.05, 4.69) is 5.32 Å². The zero-order valence-electron chi connectivity index (χ0n) is 24.9. The number of hydrogen-bond acceptors (Lipinski definition) is 6. The van der Waals surface area contributed by atoms with Crippen molar-refractivity contribution in [3.05, 3.63) is 132 Å². The van der Waals surface area contributed by atoms with Crippen molar-refractivity contribution in [1.82, 2.24) is 24.4 Å². The minimum absolute atomic E-state index is 0.0708. The highest BCUT2D eigenvalue weighted by atomic mass is 16.3. The lowest BCUT2D eigenvalue weighted by Gasteiger charge is -2.35. The van der Waals surface area contributed by atoms with Crippen LogP contribution in [-0.2, 0) is 6.54 Å². The molecule has 0 aliphatic carbocycles. The van der Waals surface area contributed by atoms with Gasteiger partial charge in [-0.1, -0.05) is 72.3 Å². The van der Waals surface area contributed by atoms with Gasteiger partial charge in [-0.05, 0) is 37.3 Å². The highest BCUT2D eigenvalue weighted by molar-refractivity contribution is 6.00. The van der Waals surface area contributed by atoms with Gasteiger partial charge >= 0.3 is 0 Å². The third kappa shape index (κ3) is 5.80. The van der Waals surface area contributed by atoms with E-state index in [0.717, 1.165) is 39.5 Å². The van der Waals surface area contributed by atoms with Crippen molar-refractivity contribution in [3.63, 3.8) is 0 Å². The molecular formula is C36H32N6O3. The molecule has 0 unspecified atom stereocenters. The number of benzene rings is 3. The van der Waals surface area contributed by atoms with Gasteiger partial charge in [-0.2, -0.15) is 5.10 Å². The number of anilines is 1. The van der Waals surface area contributed by atoms with Crippen LogP contribution >= 0.6 is 0 Å². The van der Waals surface area contributed by atoms with E-state index in [4.69, 9.17) is 14.5 Å². The number of aromatic nitrogens is 3. The van der Waals surface area contributed by atoms with Crippen LogP contribution in [0.2, 0.25) is 0 Å². The lowest BCUT2D eigenvalue weighted by Crippen LogP contribution is -2.50. The zero-order valence-corrected chi connectivity index (χ0v) is 24.9. The fourth-order valence-corrected chi connectivity index (χ4v) is 5.63. The molecule has 0 bridgehead atoms. The van der Waals surface area contributed by atoms with E-state index in [1.54, 1.807) is 20.6 Å². The summed E-state index contributed by atoms with van der Waals surface area (Å²) in [7, 11) is 0. The number of piperazine rings is 1. The molecular weight excluding hydrogens is 564 g/mol. The molecule has 0 saturated carbocycles. The summed E-state index contributed by atoms with van der Waals surface area (Å²) in [6.45, 7) is 4.19. The molecule has 1 aliphatic rings. The van der Waals surface area contributed by atoms with E-state index in [9.17, 15) is 9.59 Å². The first-order chi connectivity index (χ1) is 22.0. The average molecular weight is 597 g/mol. The highest BCUT2D eigenvalue weighted by Gasteiger charge is 2.28. The van der Waals surface area contributed by atoms with Crippen LogP contribution in [0.4, 0.5) is 5.69 Å². The summed E-state index contributed by atoms with van der Waals surface area (Å²) < 4.78 is 7.22. The van der Waals surface area contributed by atoms with Crippen LogP contribution in [-0.4, -0.2) is 62.4 Å². The van der Waals surface area contributed by atoms with Crippen molar-refractivity contribution in [1.29, 1.82) is 0 Å². The van der Waals surface area contributed by atoms with Gasteiger partial charge < -0.3 is 19.5 Å². The zero-order chi connectivity index (χ0) is 30.8. The van der Waals surface area contributed by atoms with Gasteiger partial charge in [0.05, 0.1) is 29.8 Å². The summed E-state index contributed by atoms with van der Waals surface area (Å²) >= 11 is 0. The maximum atomic E-state index is 13.9. The number of hydrogen-bond donors (Lipinski definition) is 1. The quantitative estimate of drug-likeness (QED) is 0.237. The molecule has 1 N–H and O–H groups in total. The molecule has 4 heterocycles. The Balaban J connectivity index is 1.11. The van der Waals surface area contributed by atoms with Gasteiger partial charge in [-0.3, -0.25) is 9.59 Å². The Hall–Kier alpha value is -5.70. The summed E-state index contributed by atoms with van der Waals surface area (Å²) in [6.07, 6.45) is 1.63. The molecule has 9 heteroatoms. The second-order valence-corrected chi connectivity index (χ2v) is 11.1. The van der Waals surface area contributed by atoms with Crippen molar-refractivity contribution in [2.24, 2.45) is 0 Å². The number of carbonyl (C=O) groups is 2. The maximum absolute atomic E-state index is 13.9. The van der Waals surface area contributed by atoms with Gasteiger partial charge in [-0.25, -0.2) is 9.50 Å². The number of amides is 2. The molecule has 1 fully saturated rings. The standard InChI is InChI=1S/C36H32N6O3/c1-25-13-15-27(16-14-25)33-22-32(38-34-23-31(39-42(33)34)26-8-3-2-4-9-26)36(44)41-19-17-40(18-20-41)35(43)29-11-5-6-12-30(29)37-24-28-10-7-21-45-28/h2-16,21-23,37H,17-20,24H2,1H3. The molecule has 7 rings (SSSR count). The van der Waals surface area contributed by atoms with Gasteiger partial charge in [0.15, 0.2) is 5.65 Å². The monoisotopic (exact) mass is 596 g/mol. The topological polar surface area (TPSA) is 96.0 Å². The first-order valence-corrected chi connectivity index (χ1v) is 15.0. The Kier molecular flexibility index (Phi) is 7.57. The van der Waals surface area contributed by atoms with Crippen LogP contribution in [0, 0.1) is 6.92 Å². The van der Waals surface area contributed by atoms with E-state index >= 15 is 0 Å². The molecule has 1 aliphatic heterocycles. The number of aryl methyl sites for hydroxylation is 1. The number of nitrogens with one attached hydrogen (secondary N) is 1. The Labute approximate surface area is 260 Å². The van der Waals surface area contributed by atoms with Crippen LogP contribution < -0.4 is 5.32 Å². The van der Waals surface area contributed by atoms with Crippen molar-refractivity contribution >= 4 is 23.1 Å². The van der Waals surface area contributed by atoms with Gasteiger partial charge in [0.25, 0.3) is 11.8 Å². The predicted molar refractivity (Wildman–Crippen MR) is 173 cm³/mol. The summed E-state index contributed by atoms with van der Waals surface area (Å²) in [5.74, 6) is 0.549. The van der Waals surface area contributed by atoms with Crippen molar-refractivity contribution in [2.45, 2.75) is 13.5 Å². The first-order valence-electron chi connectivity index (χ1n) is 15.0. The van der Waals surface area contributed by atoms with Gasteiger partial charge in [0, 0.05) is 49.1 Å². The van der Waals surface area contributed by atoms with Crippen LogP contribution in [0.5, 0.6) is 0 Å². The van der Waals surface area contributed by atoms with Crippen LogP contribution in [0.3, 0.4) is 0 Å². The molecule has 3 aromatic carbocycles. The number of para-hydroxylation sites is 1. The minimum Gasteiger partial charge on any atom is -0.467 e. The predicted octanol–water partition coefficient (Wildman–Crippen LogP) is 6.18. The molecule has 0 atom stereocenters. The number of furan rings is 1. The van der Waals surface area contributed by atoms with Gasteiger partial charge in [-0.15, -0.1) is 0 Å². The smallest absolute Gasteiger partial charge is 0.272 e. The fourth-order valence-electron chi connectivity index (χ4n) is 5.63. The molecule has 0 spiro atoms. The number of carbonyl (C=O) groups excluding carboxylic acids is 2. The van der Waals surface area contributed by atoms with Crippen molar-refractivity contribution in [3.8, 4) is 22.5 Å². The van der Waals surface area contributed by atoms with E-state index < -0.39 is 0 Å². The van der Waals surface area contributed by atoms with Crippen molar-refractivity contribution < 1.29 is 14.0 Å². The number of nitrogens with zero attached hydrogens (tertiary/aromatic N) is 5. The summed E-state index contributed by atoms with van der Waals surface area (Å²) in [6, 6.07) is 33.0. The Morgan fingerprint density at radius 1 is 0.778 bits per heavy atom. The SMILES string of the molecule is Cc1ccc(-c2cc(C(=O)N3CCN(C(=O)c4ccccc4NCc4ccco4)CC3)nc3cc(-c4ccccc4)nn23)cc1. The van der Waals surface area contributed by atoms with Gasteiger partial charge in [0.1, 0.15) is 11.5 Å². The molecule has 0 radical (unpaired) electrons. The van der Waals surface area contributed by atoms with E-state index in [-0.39, 0.29) is 11.8 Å². The molecule has 2 amide bonds. The first kappa shape index (κ1) is 28.1. The van der Waals surface area contributed by atoms with Crippen LogP contribution in [0.15, 0.2) is 114 Å². The number of rotatable bonds is 7. The Bertz CT molecular complexity index is 1960. The molecule has 1 saturated heterocycles. The molecule has 224 valence electrons. The van der Waals surface area contributed by atoms with E-state index in [0.29, 0.717) is 49.6 Å². The summed E-state index contributed by atoms with van der Waals surface area (Å²) in [5, 5.41) is 8.17. The Morgan fingerprint density at radius 3 is 2.22 bits per heavy atom. The Morgan fingerprint density at radius 2 is 1.49 bits per heavy atom. The lowest BCUT2D eigenvalue weighted by molar-refractivity contribution is 0.0533. The van der Waals surface area contributed by atoms with E-state index in [1.807, 2.05) is 110 Å². The van der Waals surface area contributed by atoms with Crippen LogP contribution in [0.1, 0.15) is 32.2 Å². The largest absolute Gasteiger partial charge is 0.467 e. The summed E-state index contributed by atoms with van der Waals surface area (Å²) in [5.41, 5.74) is 6.93. The second kappa shape index (κ2) is 12.1. The third-order valence-electron chi connectivity index (χ3n) is 8.11. The second-order valence-electron chi connectivity index (χ2n) is 11.1. The number of fused-ring (bicyclic) bond motifs is 1. The van der Waals surface area contributed by atoms with Crippen LogP contribution in [0.25, 0.3) is 28.2 Å².